The Morgan fingerprint density at radius 1 is 0.444 bits per heavy atom. The predicted molar refractivity (Wildman–Crippen MR) is 400 cm³/mol. The van der Waals surface area contributed by atoms with E-state index in [0.717, 1.165) is 20.8 Å². The first-order chi connectivity index (χ1) is 57.6. The third-order valence-corrected chi connectivity index (χ3v) is 27.3. The number of hydrogen-bond acceptors (Lipinski definition) is 27. The lowest BCUT2D eigenvalue weighted by Gasteiger charge is -2.33. The molecule has 12 rings (SSSR count). The minimum atomic E-state index is -4.82. The Bertz CT molecular complexity index is 4030. The number of rotatable bonds is 27. The van der Waals surface area contributed by atoms with Crippen molar-refractivity contribution in [1.82, 2.24) is 0 Å². The van der Waals surface area contributed by atoms with Crippen LogP contribution in [0.1, 0.15) is 222 Å². The molecule has 6 saturated carbocycles. The van der Waals surface area contributed by atoms with Gasteiger partial charge in [0, 0.05) is 35.5 Å². The number of methoxy groups -OCH3 is 1. The topological polar surface area (TPSA) is 351 Å². The van der Waals surface area contributed by atoms with Gasteiger partial charge in [0.25, 0.3) is 5.92 Å². The van der Waals surface area contributed by atoms with Crippen molar-refractivity contribution in [1.29, 1.82) is 0 Å². The smallest absolute Gasteiger partial charge is 0.425 e. The van der Waals surface area contributed by atoms with Crippen LogP contribution < -0.4 is 0 Å². The van der Waals surface area contributed by atoms with Gasteiger partial charge in [-0.2, -0.15) is 39.5 Å². The molecule has 12 aliphatic rings. The second-order valence-electron chi connectivity index (χ2n) is 37.7. The van der Waals surface area contributed by atoms with Crippen molar-refractivity contribution in [3.05, 3.63) is 0 Å². The van der Waals surface area contributed by atoms with Crippen LogP contribution in [0.3, 0.4) is 0 Å². The Morgan fingerprint density at radius 3 is 1.24 bits per heavy atom. The first kappa shape index (κ1) is 105. The van der Waals surface area contributed by atoms with Crippen LogP contribution in [0.4, 0.5) is 65.9 Å². The molecule has 6 aliphatic carbocycles. The van der Waals surface area contributed by atoms with Crippen molar-refractivity contribution in [2.75, 3.05) is 13.7 Å². The molecule has 8 bridgehead atoms. The average molecular weight is 1840 g/mol. The highest BCUT2D eigenvalue weighted by atomic mass is 19.4. The molecular weight excluding hydrogens is 1730 g/mol. The van der Waals surface area contributed by atoms with Crippen LogP contribution in [-0.4, -0.2) is 207 Å². The van der Waals surface area contributed by atoms with Crippen LogP contribution in [0.2, 0.25) is 0 Å². The van der Waals surface area contributed by atoms with Crippen molar-refractivity contribution >= 4 is 77.6 Å². The van der Waals surface area contributed by atoms with Crippen LogP contribution in [0.25, 0.3) is 0 Å². The third-order valence-electron chi connectivity index (χ3n) is 27.3. The SMILES string of the molecule is CCC(C)(C)C(=O)OC(C)C(F)(F)F.CCC(C)(C)C(=O)OC1C2CC3C(=O)OC1C3O2.CCC(C)(C)C(=O)OC1C2CC3C1OC(=O)C3(C(=O)OC(C)C(F)(F)F)C2.CCC(C)(C)C(=O)OC1C2CC3C1OC(=O)C3C2C(=O)OC.CCC(C)(C)C(=O)OCC(F)(F)CC(F)(F)C(F)F.CCC(C)C(=O)OC1C2CC3C1OC(=O)C3(C(=O)OC(C)C(F)(F)F)C2. The minimum absolute atomic E-state index is 0.0190. The van der Waals surface area contributed by atoms with E-state index in [2.05, 4.69) is 18.9 Å². The van der Waals surface area contributed by atoms with Crippen LogP contribution in [0.5, 0.6) is 0 Å². The number of ether oxygens (including phenoxy) is 14. The number of esters is 13. The molecule has 126 heavy (non-hydrogen) atoms. The van der Waals surface area contributed by atoms with Gasteiger partial charge in [-0.1, -0.05) is 48.5 Å². The highest BCUT2D eigenvalue weighted by Gasteiger charge is 2.78. The Hall–Kier alpha value is -7.98. The minimum Gasteiger partial charge on any atom is -0.469 e. The van der Waals surface area contributed by atoms with Gasteiger partial charge in [0.2, 0.25) is 0 Å². The molecule has 12 fully saturated rings. The number of carbonyl (C=O) groups excluding carboxylic acids is 13. The summed E-state index contributed by atoms with van der Waals surface area (Å²) in [5.74, 6) is -20.9. The fraction of sp³-hybridized carbons (Fsp3) is 0.845. The summed E-state index contributed by atoms with van der Waals surface area (Å²) in [4.78, 5) is 157. The van der Waals surface area contributed by atoms with Crippen LogP contribution in [0, 0.1) is 97.1 Å². The molecule has 42 heteroatoms. The zero-order valence-electron chi connectivity index (χ0n) is 73.9. The molecule has 6 saturated heterocycles. The van der Waals surface area contributed by atoms with E-state index in [-0.39, 0.29) is 84.4 Å². The first-order valence-corrected chi connectivity index (χ1v) is 42.0. The first-order valence-electron chi connectivity index (χ1n) is 42.0. The molecule has 25 unspecified atom stereocenters. The largest absolute Gasteiger partial charge is 0.469 e. The van der Waals surface area contributed by atoms with Gasteiger partial charge < -0.3 is 66.3 Å². The quantitative estimate of drug-likeness (QED) is 0.0319. The summed E-state index contributed by atoms with van der Waals surface area (Å²) in [5.41, 5.74) is -7.15. The van der Waals surface area contributed by atoms with Crippen LogP contribution in [-0.2, 0) is 129 Å². The molecule has 718 valence electrons. The second-order valence-corrected chi connectivity index (χ2v) is 37.7. The molecule has 27 nitrogen and oxygen atoms in total. The Labute approximate surface area is 718 Å². The van der Waals surface area contributed by atoms with Crippen LogP contribution >= 0.6 is 0 Å². The van der Waals surface area contributed by atoms with E-state index in [1.54, 1.807) is 48.5 Å². The zero-order chi connectivity index (χ0) is 96.2. The Morgan fingerprint density at radius 2 is 0.833 bits per heavy atom. The van der Waals surface area contributed by atoms with Gasteiger partial charge in [-0.25, -0.2) is 26.3 Å². The van der Waals surface area contributed by atoms with E-state index in [9.17, 15) is 128 Å². The molecule has 0 aromatic carbocycles. The van der Waals surface area contributed by atoms with Crippen molar-refractivity contribution in [2.24, 2.45) is 97.1 Å². The lowest BCUT2D eigenvalue weighted by molar-refractivity contribution is -0.222. The third kappa shape index (κ3) is 21.5. The summed E-state index contributed by atoms with van der Waals surface area (Å²) < 4.78 is 259. The summed E-state index contributed by atoms with van der Waals surface area (Å²) in [6.07, 6.45) is -27.0. The molecular formula is C84H115F15O27. The molecule has 6 heterocycles. The summed E-state index contributed by atoms with van der Waals surface area (Å²) in [6, 6.07) is 0. The molecule has 0 N–H and O–H groups in total. The summed E-state index contributed by atoms with van der Waals surface area (Å²) in [7, 11) is 1.31. The van der Waals surface area contributed by atoms with E-state index in [1.165, 1.54) is 21.0 Å². The average Bonchev–Trinajstić information content (AvgIpc) is 1.54. The molecule has 0 aromatic rings. The molecule has 0 radical (unpaired) electrons. The summed E-state index contributed by atoms with van der Waals surface area (Å²) in [5, 5.41) is 0. The number of alkyl halides is 15. The molecule has 25 atom stereocenters. The van der Waals surface area contributed by atoms with Crippen molar-refractivity contribution in [3.8, 4) is 0 Å². The normalized spacial score (nSPS) is 31.7. The van der Waals surface area contributed by atoms with E-state index < -0.39 is 232 Å². The highest BCUT2D eigenvalue weighted by molar-refractivity contribution is 6.04. The van der Waals surface area contributed by atoms with Crippen LogP contribution in [0.15, 0.2) is 0 Å². The zero-order valence-corrected chi connectivity index (χ0v) is 73.9. The van der Waals surface area contributed by atoms with Gasteiger partial charge in [-0.3, -0.25) is 62.3 Å². The number of halogens is 15. The molecule has 0 spiro atoms. The fourth-order valence-corrected chi connectivity index (χ4v) is 16.7. The van der Waals surface area contributed by atoms with E-state index in [4.69, 9.17) is 47.4 Å². The van der Waals surface area contributed by atoms with Gasteiger partial charge in [0.05, 0.1) is 70.4 Å². The lowest BCUT2D eigenvalue weighted by Crippen LogP contribution is -2.48. The van der Waals surface area contributed by atoms with Crippen molar-refractivity contribution in [2.45, 2.75) is 338 Å². The second kappa shape index (κ2) is 38.2. The predicted octanol–water partition coefficient (Wildman–Crippen LogP) is 14.3. The number of carbonyl (C=O) groups is 13. The maximum absolute atomic E-state index is 13.0. The Balaban J connectivity index is 0.000000210. The maximum atomic E-state index is 13.0. The number of fused-ring (bicyclic) bond motifs is 4. The van der Waals surface area contributed by atoms with Gasteiger partial charge in [0.15, 0.2) is 48.0 Å². The van der Waals surface area contributed by atoms with E-state index >= 15 is 0 Å². The summed E-state index contributed by atoms with van der Waals surface area (Å²) >= 11 is 0. The van der Waals surface area contributed by atoms with E-state index in [0.29, 0.717) is 64.2 Å². The van der Waals surface area contributed by atoms with Crippen molar-refractivity contribution < 1.29 is 195 Å². The Kier molecular flexibility index (Phi) is 31.9. The van der Waals surface area contributed by atoms with Gasteiger partial charge in [-0.15, -0.1) is 0 Å². The van der Waals surface area contributed by atoms with Gasteiger partial charge in [0.1, 0.15) is 42.7 Å². The highest BCUT2D eigenvalue weighted by Crippen LogP contribution is 2.66. The monoisotopic (exact) mass is 1840 g/mol. The number of hydrogen-bond donors (Lipinski definition) is 0. The van der Waals surface area contributed by atoms with E-state index in [1.807, 2.05) is 55.4 Å². The fourth-order valence-electron chi connectivity index (χ4n) is 16.7. The van der Waals surface area contributed by atoms with Crippen molar-refractivity contribution in [3.63, 3.8) is 0 Å². The molecule has 0 aromatic heterocycles. The molecule has 0 amide bonds. The summed E-state index contributed by atoms with van der Waals surface area (Å²) in [6.45, 7) is 30.0. The maximum Gasteiger partial charge on any atom is 0.425 e. The standard InChI is InChI=1S/C18H23F3O6.C17H21F3O6.C16H22O6.C13H18O5.C11H16F6O2.C9H15F3O2/c1-5-16(3,4)13(22)26-11-9-6-10-12(11)27-15(24)17(10,7-9)14(23)25-8(2)18(19,20)21;1-4-7(2)13(21)25-11-9-5-10-12(11)26-15(23)16(10,6-9)14(22)24-8(3)17(18,19)20;1-5-16(2,3)15(19)22-12-7-6-8-10(9(7)13(17)20-4)14(18)21-11(8)12;1-4-13(2,3)12(15)18-9-7-5-6-8(16-7)10(9)17-11(6)14;1-4-9(2,3)8(18)19-6-10(14,15)5-11(16,17)7(12)13;1-5-8(3,4)7(13)14-6(2)9(10,11)12/h8-12H,5-7H2,1-4H3;7-12H,4-6H2,1-3H3;7-12H,5-6H2,1-4H3;6-10H,4-5H2,1-3H3;7H,4-6H2,1-3H3;6H,5H2,1-4H3. The van der Waals surface area contributed by atoms with Gasteiger partial charge >= 0.3 is 108 Å². The molecule has 6 aliphatic heterocycles. The van der Waals surface area contributed by atoms with Gasteiger partial charge in [-0.05, 0) is 167 Å². The lowest BCUT2D eigenvalue weighted by atomic mass is 9.73.